The van der Waals surface area contributed by atoms with Gasteiger partial charge in [0.1, 0.15) is 0 Å². The Balaban J connectivity index is 1.48. The molecule has 0 radical (unpaired) electrons. The van der Waals surface area contributed by atoms with E-state index in [1.807, 2.05) is 0 Å². The third-order valence-electron chi connectivity index (χ3n) is 10.4. The first-order valence-electron chi connectivity index (χ1n) is 17.9. The fourth-order valence-electron chi connectivity index (χ4n) is 7.45. The molecular formula is C48H41N3. The van der Waals surface area contributed by atoms with E-state index in [9.17, 15) is 0 Å². The van der Waals surface area contributed by atoms with E-state index in [0.717, 1.165) is 67.2 Å². The maximum absolute atomic E-state index is 5.50. The summed E-state index contributed by atoms with van der Waals surface area (Å²) in [7, 11) is 0. The summed E-state index contributed by atoms with van der Waals surface area (Å²) >= 11 is 0. The molecule has 1 aliphatic heterocycles. The Hall–Kier alpha value is -5.80. The van der Waals surface area contributed by atoms with Gasteiger partial charge in [0.25, 0.3) is 0 Å². The van der Waals surface area contributed by atoms with Crippen LogP contribution in [-0.2, 0) is 10.8 Å². The number of nitrogens with zero attached hydrogens (tertiary/aromatic N) is 2. The van der Waals surface area contributed by atoms with Gasteiger partial charge in [-0.05, 0) is 104 Å². The van der Waals surface area contributed by atoms with Crippen LogP contribution in [0.3, 0.4) is 0 Å². The lowest BCUT2D eigenvalue weighted by molar-refractivity contribution is 0.590. The standard InChI is InChI=1S/C48H41N3/c1-47(2,3)35-25-37-31-18-13-19-32(20-31)41-21-33(29-14-9-7-10-15-29)23-43(49-41)44-24-34(30-16-11-8-12-17-30)22-42(50-44)40-28-36(48(4,5)6)27-39-38(26-35)45(37)51-46(39)40/h7-28,51H,1-6H3. The highest BCUT2D eigenvalue weighted by atomic mass is 14.8. The van der Waals surface area contributed by atoms with Crippen molar-refractivity contribution in [1.29, 1.82) is 0 Å². The summed E-state index contributed by atoms with van der Waals surface area (Å²) in [5, 5.41) is 2.47. The molecule has 3 aromatic heterocycles. The van der Waals surface area contributed by atoms with Gasteiger partial charge >= 0.3 is 0 Å². The van der Waals surface area contributed by atoms with Crippen LogP contribution in [0.15, 0.2) is 133 Å². The number of benzene rings is 5. The molecule has 8 aromatic rings. The van der Waals surface area contributed by atoms with E-state index in [1.165, 1.54) is 33.0 Å². The van der Waals surface area contributed by atoms with Crippen LogP contribution in [-0.4, -0.2) is 15.0 Å². The minimum absolute atomic E-state index is 0.0432. The Morgan fingerprint density at radius 2 is 0.824 bits per heavy atom. The Bertz CT molecular complexity index is 2630. The van der Waals surface area contributed by atoms with Gasteiger partial charge in [-0.25, -0.2) is 9.97 Å². The first kappa shape index (κ1) is 31.2. The van der Waals surface area contributed by atoms with Crippen molar-refractivity contribution in [3.63, 3.8) is 0 Å². The van der Waals surface area contributed by atoms with Crippen molar-refractivity contribution in [1.82, 2.24) is 15.0 Å². The molecule has 3 heteroatoms. The van der Waals surface area contributed by atoms with Gasteiger partial charge in [-0.2, -0.15) is 0 Å². The second-order valence-electron chi connectivity index (χ2n) is 16.1. The minimum atomic E-state index is -0.0748. The van der Waals surface area contributed by atoms with E-state index in [2.05, 4.69) is 180 Å². The third-order valence-corrected chi connectivity index (χ3v) is 10.4. The molecule has 4 heterocycles. The number of fused-ring (bicyclic) bond motifs is 11. The lowest BCUT2D eigenvalue weighted by atomic mass is 9.82. The Labute approximate surface area is 300 Å². The zero-order valence-corrected chi connectivity index (χ0v) is 30.1. The molecule has 0 unspecified atom stereocenters. The van der Waals surface area contributed by atoms with Gasteiger partial charge in [0.2, 0.25) is 0 Å². The summed E-state index contributed by atoms with van der Waals surface area (Å²) in [5.74, 6) is 0. The van der Waals surface area contributed by atoms with Crippen molar-refractivity contribution >= 4 is 21.8 Å². The molecule has 3 nitrogen and oxygen atoms in total. The smallest absolute Gasteiger partial charge is 0.0900 e. The molecule has 0 saturated carbocycles. The van der Waals surface area contributed by atoms with Crippen LogP contribution in [0.1, 0.15) is 52.7 Å². The zero-order valence-electron chi connectivity index (χ0n) is 30.1. The predicted octanol–water partition coefficient (Wildman–Crippen LogP) is 13.0. The van der Waals surface area contributed by atoms with Crippen molar-refractivity contribution in [2.24, 2.45) is 0 Å². The second-order valence-corrected chi connectivity index (χ2v) is 16.1. The number of nitrogens with one attached hydrogen (secondary N) is 1. The second kappa shape index (κ2) is 11.4. The SMILES string of the molecule is CC(C)(C)c1cc2c3[nH]c4c(cc(C(C)(C)C)cc4c3c1)-c1cc(-c3ccccc3)cc(n1)-c1cc(-c3ccccc3)cc(n1)-c1cccc-2c1. The fraction of sp³-hybridized carbons (Fsp3) is 0.167. The molecule has 1 aliphatic rings. The predicted molar refractivity (Wildman–Crippen MR) is 215 cm³/mol. The number of pyridine rings is 2. The molecule has 0 fully saturated rings. The van der Waals surface area contributed by atoms with Crippen LogP contribution in [0.25, 0.3) is 89.1 Å². The Morgan fingerprint density at radius 3 is 1.39 bits per heavy atom. The van der Waals surface area contributed by atoms with Crippen LogP contribution >= 0.6 is 0 Å². The summed E-state index contributed by atoms with van der Waals surface area (Å²) in [6.45, 7) is 13.8. The molecule has 5 aromatic carbocycles. The van der Waals surface area contributed by atoms with Gasteiger partial charge in [-0.1, -0.05) is 120 Å². The van der Waals surface area contributed by atoms with Crippen molar-refractivity contribution in [2.75, 3.05) is 0 Å². The van der Waals surface area contributed by atoms with Gasteiger partial charge in [-0.3, -0.25) is 0 Å². The number of hydrogen-bond acceptors (Lipinski definition) is 2. The van der Waals surface area contributed by atoms with Crippen LogP contribution in [0.4, 0.5) is 0 Å². The molecule has 248 valence electrons. The van der Waals surface area contributed by atoms with Gasteiger partial charge in [0.05, 0.1) is 33.8 Å². The van der Waals surface area contributed by atoms with Crippen molar-refractivity contribution in [2.45, 2.75) is 52.4 Å². The lowest BCUT2D eigenvalue weighted by Gasteiger charge is -2.22. The molecule has 0 amide bonds. The maximum atomic E-state index is 5.50. The summed E-state index contributed by atoms with van der Waals surface area (Å²) in [5.41, 5.74) is 17.3. The summed E-state index contributed by atoms with van der Waals surface area (Å²) in [6.07, 6.45) is 0. The topological polar surface area (TPSA) is 41.6 Å². The highest BCUT2D eigenvalue weighted by molar-refractivity contribution is 6.16. The first-order valence-corrected chi connectivity index (χ1v) is 17.9. The average molecular weight is 660 g/mol. The molecular weight excluding hydrogens is 619 g/mol. The number of H-pyrrole nitrogens is 1. The maximum Gasteiger partial charge on any atom is 0.0900 e. The van der Waals surface area contributed by atoms with Crippen LogP contribution in [0, 0.1) is 0 Å². The van der Waals surface area contributed by atoms with E-state index >= 15 is 0 Å². The molecule has 8 bridgehead atoms. The summed E-state index contributed by atoms with van der Waals surface area (Å²) in [4.78, 5) is 14.9. The average Bonchev–Trinajstić information content (AvgIpc) is 3.52. The normalized spacial score (nSPS) is 12.5. The van der Waals surface area contributed by atoms with Crippen LogP contribution < -0.4 is 0 Å². The quantitative estimate of drug-likeness (QED) is 0.201. The number of rotatable bonds is 2. The molecule has 51 heavy (non-hydrogen) atoms. The first-order chi connectivity index (χ1) is 24.5. The molecule has 0 atom stereocenters. The van der Waals surface area contributed by atoms with Crippen molar-refractivity contribution in [3.05, 3.63) is 145 Å². The Morgan fingerprint density at radius 1 is 0.373 bits per heavy atom. The monoisotopic (exact) mass is 659 g/mol. The highest BCUT2D eigenvalue weighted by Gasteiger charge is 2.25. The van der Waals surface area contributed by atoms with Gasteiger partial charge in [0.15, 0.2) is 0 Å². The number of aromatic amines is 1. The van der Waals surface area contributed by atoms with Crippen LogP contribution in [0.5, 0.6) is 0 Å². The van der Waals surface area contributed by atoms with E-state index < -0.39 is 0 Å². The number of aromatic nitrogens is 3. The number of hydrogen-bond donors (Lipinski definition) is 1. The summed E-state index contributed by atoms with van der Waals surface area (Å²) in [6, 6.07) is 48.5. The van der Waals surface area contributed by atoms with Gasteiger partial charge in [0, 0.05) is 27.5 Å². The zero-order chi connectivity index (χ0) is 35.1. The third kappa shape index (κ3) is 5.45. The molecule has 0 saturated heterocycles. The summed E-state index contributed by atoms with van der Waals surface area (Å²) < 4.78 is 0. The van der Waals surface area contributed by atoms with Crippen LogP contribution in [0.2, 0.25) is 0 Å². The van der Waals surface area contributed by atoms with Crippen molar-refractivity contribution in [3.8, 4) is 67.3 Å². The van der Waals surface area contributed by atoms with Gasteiger partial charge < -0.3 is 4.98 Å². The lowest BCUT2D eigenvalue weighted by Crippen LogP contribution is -2.11. The largest absolute Gasteiger partial charge is 0.353 e. The molecule has 1 N–H and O–H groups in total. The van der Waals surface area contributed by atoms with E-state index in [4.69, 9.17) is 9.97 Å². The molecule has 9 rings (SSSR count). The molecule has 0 spiro atoms. The highest BCUT2D eigenvalue weighted by Crippen LogP contribution is 2.44. The van der Waals surface area contributed by atoms with E-state index in [-0.39, 0.29) is 10.8 Å². The van der Waals surface area contributed by atoms with Gasteiger partial charge in [-0.15, -0.1) is 0 Å². The van der Waals surface area contributed by atoms with Crippen molar-refractivity contribution < 1.29 is 0 Å². The minimum Gasteiger partial charge on any atom is -0.353 e. The fourth-order valence-corrected chi connectivity index (χ4v) is 7.45. The molecule has 0 aliphatic carbocycles. The van der Waals surface area contributed by atoms with E-state index in [0.29, 0.717) is 0 Å². The van der Waals surface area contributed by atoms with E-state index in [1.54, 1.807) is 0 Å². The Kier molecular flexibility index (Phi) is 6.95.